The number of hydrogen-bond acceptors (Lipinski definition) is 5. The zero-order chi connectivity index (χ0) is 20.1. The van der Waals surface area contributed by atoms with Gasteiger partial charge < -0.3 is 19.9 Å². The number of benzene rings is 1. The molecule has 0 bridgehead atoms. The molecule has 1 amide bonds. The molecule has 0 radical (unpaired) electrons. The number of nitrogens with zero attached hydrogens (tertiary/aromatic N) is 1. The fourth-order valence-corrected chi connectivity index (χ4v) is 3.44. The van der Waals surface area contributed by atoms with Crippen LogP contribution in [-0.4, -0.2) is 42.2 Å². The highest BCUT2D eigenvalue weighted by atomic mass is 16.5. The zero-order valence-corrected chi connectivity index (χ0v) is 16.1. The number of hydrogen-bond donors (Lipinski definition) is 2. The quantitative estimate of drug-likeness (QED) is 0.728. The van der Waals surface area contributed by atoms with Crippen molar-refractivity contribution in [3.63, 3.8) is 0 Å². The van der Waals surface area contributed by atoms with Crippen LogP contribution in [0.5, 0.6) is 0 Å². The smallest absolute Gasteiger partial charge is 0.322 e. The van der Waals surface area contributed by atoms with E-state index in [1.807, 2.05) is 30.3 Å². The van der Waals surface area contributed by atoms with E-state index in [1.165, 1.54) is 7.11 Å². The number of nitrogens with one attached hydrogen (secondary N) is 2. The summed E-state index contributed by atoms with van der Waals surface area (Å²) >= 11 is 0. The molecule has 148 valence electrons. The van der Waals surface area contributed by atoms with Crippen molar-refractivity contribution in [1.82, 2.24) is 15.2 Å². The normalized spacial score (nSPS) is 18.6. The minimum atomic E-state index is -0.435. The highest BCUT2D eigenvalue weighted by molar-refractivity contribution is 5.95. The Kier molecular flexibility index (Phi) is 6.26. The summed E-state index contributed by atoms with van der Waals surface area (Å²) in [6, 6.07) is 11.0. The predicted octanol–water partition coefficient (Wildman–Crippen LogP) is 1.03. The van der Waals surface area contributed by atoms with Gasteiger partial charge in [0, 0.05) is 25.3 Å². The van der Waals surface area contributed by atoms with E-state index in [0.717, 1.165) is 5.56 Å². The van der Waals surface area contributed by atoms with Gasteiger partial charge in [0.05, 0.1) is 7.11 Å². The van der Waals surface area contributed by atoms with E-state index in [-0.39, 0.29) is 23.1 Å². The van der Waals surface area contributed by atoms with E-state index in [1.54, 1.807) is 23.8 Å². The van der Waals surface area contributed by atoms with Crippen LogP contribution in [0.25, 0.3) is 0 Å². The van der Waals surface area contributed by atoms with Gasteiger partial charge in [-0.15, -0.1) is 0 Å². The number of aryl methyl sites for hydroxylation is 3. The van der Waals surface area contributed by atoms with Crippen LogP contribution < -0.4 is 16.2 Å². The maximum absolute atomic E-state index is 12.9. The molecule has 3 rings (SSSR count). The fourth-order valence-electron chi connectivity index (χ4n) is 3.44. The molecule has 7 nitrogen and oxygen atoms in total. The third kappa shape index (κ3) is 4.48. The number of methoxy groups -OCH3 is 1. The third-order valence-electron chi connectivity index (χ3n) is 5.04. The van der Waals surface area contributed by atoms with Crippen molar-refractivity contribution in [3.05, 3.63) is 69.6 Å². The van der Waals surface area contributed by atoms with Gasteiger partial charge in [-0.2, -0.15) is 0 Å². The van der Waals surface area contributed by atoms with Gasteiger partial charge in [-0.1, -0.05) is 30.3 Å². The lowest BCUT2D eigenvalue weighted by Crippen LogP contribution is -2.40. The molecule has 28 heavy (non-hydrogen) atoms. The highest BCUT2D eigenvalue weighted by Crippen LogP contribution is 2.10. The Balaban J connectivity index is 1.70. The maximum Gasteiger partial charge on any atom is 0.322 e. The van der Waals surface area contributed by atoms with Gasteiger partial charge in [-0.3, -0.25) is 14.4 Å². The molecule has 2 heterocycles. The number of amides is 1. The molecular weight excluding hydrogens is 358 g/mol. The lowest BCUT2D eigenvalue weighted by molar-refractivity contribution is -0.142. The first-order chi connectivity index (χ1) is 13.5. The lowest BCUT2D eigenvalue weighted by atomic mass is 10.1. The minimum Gasteiger partial charge on any atom is -0.468 e. The van der Waals surface area contributed by atoms with Gasteiger partial charge in [0.1, 0.15) is 11.6 Å². The summed E-state index contributed by atoms with van der Waals surface area (Å²) in [5.41, 5.74) is 1.61. The number of carbonyl (C=O) groups excluding carboxylic acids is 2. The molecule has 0 spiro atoms. The van der Waals surface area contributed by atoms with E-state index in [9.17, 15) is 14.4 Å². The van der Waals surface area contributed by atoms with Crippen LogP contribution in [0, 0.1) is 6.92 Å². The molecular formula is C21H25N3O4. The molecule has 2 aromatic rings. The maximum atomic E-state index is 12.9. The number of ether oxygens (including phenoxy) is 1. The molecule has 2 atom stereocenters. The Morgan fingerprint density at radius 2 is 2.00 bits per heavy atom. The summed E-state index contributed by atoms with van der Waals surface area (Å²) in [4.78, 5) is 37.2. The van der Waals surface area contributed by atoms with Gasteiger partial charge in [0.25, 0.3) is 11.5 Å². The summed E-state index contributed by atoms with van der Waals surface area (Å²) in [6.07, 6.45) is 2.87. The topological polar surface area (TPSA) is 89.4 Å². The van der Waals surface area contributed by atoms with E-state index in [2.05, 4.69) is 10.6 Å². The summed E-state index contributed by atoms with van der Waals surface area (Å²) in [5.74, 6) is -0.759. The van der Waals surface area contributed by atoms with Crippen molar-refractivity contribution in [1.29, 1.82) is 0 Å². The van der Waals surface area contributed by atoms with Gasteiger partial charge in [0.15, 0.2) is 0 Å². The van der Waals surface area contributed by atoms with Crippen LogP contribution in [0.15, 0.2) is 47.4 Å². The number of aromatic nitrogens is 1. The van der Waals surface area contributed by atoms with Crippen LogP contribution in [-0.2, 0) is 22.5 Å². The van der Waals surface area contributed by atoms with Crippen LogP contribution in [0.4, 0.5) is 0 Å². The highest BCUT2D eigenvalue weighted by Gasteiger charge is 2.31. The summed E-state index contributed by atoms with van der Waals surface area (Å²) in [5, 5.41) is 5.88. The van der Waals surface area contributed by atoms with Crippen molar-refractivity contribution >= 4 is 11.9 Å². The average Bonchev–Trinajstić information content (AvgIpc) is 3.16. The van der Waals surface area contributed by atoms with E-state index < -0.39 is 11.9 Å². The molecule has 1 aromatic carbocycles. The van der Waals surface area contributed by atoms with E-state index >= 15 is 0 Å². The van der Waals surface area contributed by atoms with Gasteiger partial charge >= 0.3 is 5.97 Å². The molecule has 0 saturated carbocycles. The van der Waals surface area contributed by atoms with Crippen molar-refractivity contribution in [2.24, 2.45) is 0 Å². The van der Waals surface area contributed by atoms with Crippen LogP contribution in [0.3, 0.4) is 0 Å². The van der Waals surface area contributed by atoms with Gasteiger partial charge in [-0.25, -0.2) is 0 Å². The lowest BCUT2D eigenvalue weighted by Gasteiger charge is -2.14. The SMILES string of the molecule is COC(=O)[C@@H]1C[C@H](NC(=O)c2c(C)ccn(CCc3ccccc3)c2=O)CN1. The summed E-state index contributed by atoms with van der Waals surface area (Å²) in [6.45, 7) is 2.71. The number of rotatable bonds is 6. The standard InChI is InChI=1S/C21H25N3O4/c1-14-8-10-24(11-9-15-6-4-3-5-7-15)20(26)18(14)19(25)23-16-12-17(22-13-16)21(27)28-2/h3-8,10,16-17,22H,9,11-13H2,1-2H3,(H,23,25)/t16-,17-/m0/s1. The Hall–Kier alpha value is -2.93. The molecule has 7 heteroatoms. The second-order valence-electron chi connectivity index (χ2n) is 7.00. The minimum absolute atomic E-state index is 0.150. The summed E-state index contributed by atoms with van der Waals surface area (Å²) < 4.78 is 6.29. The zero-order valence-electron chi connectivity index (χ0n) is 16.1. The Labute approximate surface area is 163 Å². The number of esters is 1. The van der Waals surface area contributed by atoms with Gasteiger partial charge in [0.2, 0.25) is 0 Å². The van der Waals surface area contributed by atoms with Crippen LogP contribution in [0.2, 0.25) is 0 Å². The molecule has 1 fully saturated rings. The van der Waals surface area contributed by atoms with Crippen molar-refractivity contribution < 1.29 is 14.3 Å². The Morgan fingerprint density at radius 1 is 1.25 bits per heavy atom. The first kappa shape index (κ1) is 19.8. The molecule has 1 aliphatic heterocycles. The van der Waals surface area contributed by atoms with Crippen LogP contribution >= 0.6 is 0 Å². The molecule has 0 unspecified atom stereocenters. The second-order valence-corrected chi connectivity index (χ2v) is 7.00. The molecule has 1 aliphatic rings. The van der Waals surface area contributed by atoms with Crippen LogP contribution in [0.1, 0.15) is 27.9 Å². The predicted molar refractivity (Wildman–Crippen MR) is 105 cm³/mol. The molecule has 0 aliphatic carbocycles. The Morgan fingerprint density at radius 3 is 2.71 bits per heavy atom. The van der Waals surface area contributed by atoms with E-state index in [0.29, 0.717) is 31.5 Å². The second kappa shape index (κ2) is 8.84. The average molecular weight is 383 g/mol. The van der Waals surface area contributed by atoms with E-state index in [4.69, 9.17) is 4.74 Å². The number of pyridine rings is 1. The van der Waals surface area contributed by atoms with Crippen molar-refractivity contribution in [2.45, 2.75) is 38.4 Å². The fraction of sp³-hybridized carbons (Fsp3) is 0.381. The molecule has 1 saturated heterocycles. The largest absolute Gasteiger partial charge is 0.468 e. The Bertz CT molecular complexity index is 908. The summed E-state index contributed by atoms with van der Waals surface area (Å²) in [7, 11) is 1.33. The molecule has 2 N–H and O–H groups in total. The van der Waals surface area contributed by atoms with Gasteiger partial charge in [-0.05, 0) is 37.0 Å². The van der Waals surface area contributed by atoms with Crippen molar-refractivity contribution in [3.8, 4) is 0 Å². The molecule has 1 aromatic heterocycles. The first-order valence-electron chi connectivity index (χ1n) is 9.35. The third-order valence-corrected chi connectivity index (χ3v) is 5.04. The monoisotopic (exact) mass is 383 g/mol. The number of carbonyl (C=O) groups is 2. The first-order valence-corrected chi connectivity index (χ1v) is 9.35. The van der Waals surface area contributed by atoms with Crippen molar-refractivity contribution in [2.75, 3.05) is 13.7 Å².